The topological polar surface area (TPSA) is 35.8 Å². The number of allylic oxidation sites excluding steroid dienone is 6. The lowest BCUT2D eigenvalue weighted by Gasteiger charge is -2.07. The van der Waals surface area contributed by atoms with Crippen molar-refractivity contribution in [2.75, 3.05) is 5.32 Å². The summed E-state index contributed by atoms with van der Waals surface area (Å²) < 4.78 is 0. The van der Waals surface area contributed by atoms with Gasteiger partial charge in [-0.2, -0.15) is 5.26 Å². The van der Waals surface area contributed by atoms with E-state index >= 15 is 0 Å². The van der Waals surface area contributed by atoms with Crippen LogP contribution in [-0.2, 0) is 0 Å². The molecule has 32 heavy (non-hydrogen) atoms. The highest BCUT2D eigenvalue weighted by atomic mass is 14.9. The first kappa shape index (κ1) is 27.5. The Bertz CT molecular complexity index is 733. The summed E-state index contributed by atoms with van der Waals surface area (Å²) in [7, 11) is 0. The number of anilines is 1. The largest absolute Gasteiger partial charge is 0.354 e. The van der Waals surface area contributed by atoms with Crippen molar-refractivity contribution in [2.45, 2.75) is 96.8 Å². The maximum atomic E-state index is 9.18. The summed E-state index contributed by atoms with van der Waals surface area (Å²) in [5.74, 6) is 0. The van der Waals surface area contributed by atoms with Gasteiger partial charge in [0.2, 0.25) is 0 Å². The molecule has 0 atom stereocenters. The minimum atomic E-state index is 0.627. The summed E-state index contributed by atoms with van der Waals surface area (Å²) in [4.78, 5) is 0. The SMILES string of the molecule is C=CC(=CC=CC=CCCCCCCCCCCCCCCC)Nc1ccccc1C#N. The van der Waals surface area contributed by atoms with E-state index < -0.39 is 0 Å². The minimum absolute atomic E-state index is 0.627. The first-order chi connectivity index (χ1) is 15.8. The fourth-order valence-electron chi connectivity index (χ4n) is 3.68. The third-order valence-corrected chi connectivity index (χ3v) is 5.65. The maximum absolute atomic E-state index is 9.18. The molecule has 0 radical (unpaired) electrons. The quantitative estimate of drug-likeness (QED) is 0.174. The summed E-state index contributed by atoms with van der Waals surface area (Å²) in [6.07, 6.45) is 31.5. The monoisotopic (exact) mass is 432 g/mol. The Hall–Kier alpha value is -2.53. The summed E-state index contributed by atoms with van der Waals surface area (Å²) >= 11 is 0. The molecule has 1 N–H and O–H groups in total. The first-order valence-corrected chi connectivity index (χ1v) is 12.7. The Kier molecular flexibility index (Phi) is 17.5. The van der Waals surface area contributed by atoms with Crippen LogP contribution in [0.5, 0.6) is 0 Å². The van der Waals surface area contributed by atoms with Gasteiger partial charge in [0, 0.05) is 5.70 Å². The van der Waals surface area contributed by atoms with E-state index in [0.29, 0.717) is 5.56 Å². The predicted molar refractivity (Wildman–Crippen MR) is 142 cm³/mol. The molecule has 0 amide bonds. The lowest BCUT2D eigenvalue weighted by molar-refractivity contribution is 0.540. The molecule has 0 heterocycles. The number of rotatable bonds is 19. The number of nitriles is 1. The Morgan fingerprint density at radius 3 is 2.03 bits per heavy atom. The van der Waals surface area contributed by atoms with Crippen LogP contribution in [0.15, 0.2) is 73.0 Å². The second-order valence-electron chi connectivity index (χ2n) is 8.45. The van der Waals surface area contributed by atoms with Crippen LogP contribution in [-0.4, -0.2) is 0 Å². The van der Waals surface area contributed by atoms with E-state index in [1.54, 1.807) is 12.1 Å². The van der Waals surface area contributed by atoms with Crippen molar-refractivity contribution >= 4 is 5.69 Å². The Balaban J connectivity index is 2.05. The van der Waals surface area contributed by atoms with E-state index in [4.69, 9.17) is 0 Å². The van der Waals surface area contributed by atoms with Crippen LogP contribution >= 0.6 is 0 Å². The summed E-state index contributed by atoms with van der Waals surface area (Å²) in [5.41, 5.74) is 2.29. The van der Waals surface area contributed by atoms with Crippen molar-refractivity contribution < 1.29 is 0 Å². The highest BCUT2D eigenvalue weighted by Gasteiger charge is 2.00. The van der Waals surface area contributed by atoms with Crippen molar-refractivity contribution in [2.24, 2.45) is 0 Å². The molecule has 0 fully saturated rings. The van der Waals surface area contributed by atoms with Gasteiger partial charge >= 0.3 is 0 Å². The fourth-order valence-corrected chi connectivity index (χ4v) is 3.68. The zero-order chi connectivity index (χ0) is 23.1. The molecule has 0 aliphatic rings. The zero-order valence-electron chi connectivity index (χ0n) is 20.3. The summed E-state index contributed by atoms with van der Waals surface area (Å²) in [5, 5.41) is 12.4. The van der Waals surface area contributed by atoms with Gasteiger partial charge in [-0.05, 0) is 37.1 Å². The van der Waals surface area contributed by atoms with Gasteiger partial charge in [-0.3, -0.25) is 0 Å². The first-order valence-electron chi connectivity index (χ1n) is 12.7. The molecular weight excluding hydrogens is 388 g/mol. The standard InChI is InChI=1S/C30H44N2/c1-3-5-6-7-8-9-10-11-12-13-14-15-16-17-18-19-20-21-25-29(4-2)32-30-26-23-22-24-28(30)27-31/h4,18-26,32H,2-3,5-17H2,1H3. The van der Waals surface area contributed by atoms with E-state index in [1.165, 1.54) is 83.5 Å². The van der Waals surface area contributed by atoms with Gasteiger partial charge in [0.1, 0.15) is 6.07 Å². The molecule has 1 rings (SSSR count). The van der Waals surface area contributed by atoms with Crippen molar-refractivity contribution in [3.8, 4) is 6.07 Å². The number of unbranched alkanes of at least 4 members (excludes halogenated alkanes) is 13. The predicted octanol–water partition coefficient (Wildman–Crippen LogP) is 9.63. The molecule has 0 aliphatic heterocycles. The normalized spacial score (nSPS) is 11.8. The van der Waals surface area contributed by atoms with Gasteiger partial charge < -0.3 is 5.32 Å². The van der Waals surface area contributed by atoms with Crippen LogP contribution in [0, 0.1) is 11.3 Å². The van der Waals surface area contributed by atoms with Crippen LogP contribution in [0.25, 0.3) is 0 Å². The van der Waals surface area contributed by atoms with Crippen LogP contribution < -0.4 is 5.32 Å². The molecule has 1 aromatic carbocycles. The van der Waals surface area contributed by atoms with Crippen molar-refractivity contribution in [3.63, 3.8) is 0 Å². The number of nitrogens with one attached hydrogen (secondary N) is 1. The molecule has 1 aromatic rings. The van der Waals surface area contributed by atoms with E-state index in [9.17, 15) is 5.26 Å². The number of nitrogens with zero attached hydrogens (tertiary/aromatic N) is 1. The lowest BCUT2D eigenvalue weighted by atomic mass is 10.0. The minimum Gasteiger partial charge on any atom is -0.354 e. The van der Waals surface area contributed by atoms with Crippen LogP contribution in [0.1, 0.15) is 102 Å². The average molecular weight is 433 g/mol. The molecule has 0 aliphatic carbocycles. The number of hydrogen-bond donors (Lipinski definition) is 1. The molecule has 0 unspecified atom stereocenters. The van der Waals surface area contributed by atoms with Gasteiger partial charge in [-0.1, -0.05) is 127 Å². The van der Waals surface area contributed by atoms with E-state index in [0.717, 1.165) is 17.8 Å². The molecule has 0 saturated heterocycles. The second-order valence-corrected chi connectivity index (χ2v) is 8.45. The molecule has 2 nitrogen and oxygen atoms in total. The van der Waals surface area contributed by atoms with Crippen molar-refractivity contribution in [1.29, 1.82) is 5.26 Å². The molecule has 2 heteroatoms. The van der Waals surface area contributed by atoms with Crippen molar-refractivity contribution in [1.82, 2.24) is 0 Å². The molecular formula is C30H44N2. The average Bonchev–Trinajstić information content (AvgIpc) is 2.82. The molecule has 0 aromatic heterocycles. The highest BCUT2D eigenvalue weighted by Crippen LogP contribution is 2.16. The Labute approximate surface area is 197 Å². The van der Waals surface area contributed by atoms with E-state index in [2.05, 4.69) is 37.0 Å². The number of benzene rings is 1. The third kappa shape index (κ3) is 14.5. The summed E-state index contributed by atoms with van der Waals surface area (Å²) in [6, 6.07) is 9.68. The van der Waals surface area contributed by atoms with Gasteiger partial charge in [-0.25, -0.2) is 0 Å². The maximum Gasteiger partial charge on any atom is 0.101 e. The second kappa shape index (κ2) is 20.4. The van der Waals surface area contributed by atoms with Gasteiger partial charge in [0.05, 0.1) is 11.3 Å². The van der Waals surface area contributed by atoms with Crippen LogP contribution in [0.3, 0.4) is 0 Å². The highest BCUT2D eigenvalue weighted by molar-refractivity contribution is 5.61. The third-order valence-electron chi connectivity index (χ3n) is 5.65. The smallest absolute Gasteiger partial charge is 0.101 e. The zero-order valence-corrected chi connectivity index (χ0v) is 20.3. The van der Waals surface area contributed by atoms with Gasteiger partial charge in [0.15, 0.2) is 0 Å². The molecule has 0 bridgehead atoms. The van der Waals surface area contributed by atoms with Crippen molar-refractivity contribution in [3.05, 3.63) is 78.6 Å². The summed E-state index contributed by atoms with van der Waals surface area (Å²) in [6.45, 7) is 6.13. The van der Waals surface area contributed by atoms with E-state index in [1.807, 2.05) is 36.4 Å². The molecule has 174 valence electrons. The Morgan fingerprint density at radius 1 is 0.844 bits per heavy atom. The van der Waals surface area contributed by atoms with Gasteiger partial charge in [0.25, 0.3) is 0 Å². The van der Waals surface area contributed by atoms with Crippen LogP contribution in [0.4, 0.5) is 5.69 Å². The van der Waals surface area contributed by atoms with E-state index in [-0.39, 0.29) is 0 Å². The Morgan fingerprint density at radius 2 is 1.44 bits per heavy atom. The molecule has 0 spiro atoms. The van der Waals surface area contributed by atoms with Gasteiger partial charge in [-0.15, -0.1) is 0 Å². The molecule has 0 saturated carbocycles. The van der Waals surface area contributed by atoms with Crippen LogP contribution in [0.2, 0.25) is 0 Å². The number of hydrogen-bond acceptors (Lipinski definition) is 2. The lowest BCUT2D eigenvalue weighted by Crippen LogP contribution is -1.98. The number of para-hydroxylation sites is 1. The fraction of sp³-hybridized carbons (Fsp3) is 0.500.